The molecule has 1 unspecified atom stereocenters. The van der Waals surface area contributed by atoms with Crippen LogP contribution in [0.5, 0.6) is 0 Å². The van der Waals surface area contributed by atoms with E-state index in [4.69, 9.17) is 14.6 Å². The van der Waals surface area contributed by atoms with Crippen molar-refractivity contribution in [3.05, 3.63) is 12.2 Å². The Morgan fingerprint density at radius 3 is 2.29 bits per heavy atom. The molecule has 8 heteroatoms. The van der Waals surface area contributed by atoms with E-state index in [-0.39, 0.29) is 30.1 Å². The first-order valence-corrected chi connectivity index (χ1v) is 7.73. The van der Waals surface area contributed by atoms with Crippen LogP contribution in [-0.2, 0) is 14.3 Å². The molecule has 0 saturated heterocycles. The van der Waals surface area contributed by atoms with Gasteiger partial charge in [0.1, 0.15) is 13.2 Å². The van der Waals surface area contributed by atoms with Crippen LogP contribution < -0.4 is 10.6 Å². The Morgan fingerprint density at radius 2 is 1.75 bits per heavy atom. The SMILES string of the molecule is C=C(C)C(=O)OCCOC(=O)NCC(C)CC(C)(C)CNC(=O)O. The first kappa shape index (κ1) is 21.8. The fourth-order valence-electron chi connectivity index (χ4n) is 2.10. The van der Waals surface area contributed by atoms with Gasteiger partial charge < -0.3 is 25.2 Å². The molecule has 3 N–H and O–H groups in total. The van der Waals surface area contributed by atoms with Crippen molar-refractivity contribution >= 4 is 18.2 Å². The van der Waals surface area contributed by atoms with Crippen molar-refractivity contribution in [3.63, 3.8) is 0 Å². The van der Waals surface area contributed by atoms with Gasteiger partial charge in [0.2, 0.25) is 0 Å². The fourth-order valence-corrected chi connectivity index (χ4v) is 2.10. The second-order valence-corrected chi connectivity index (χ2v) is 6.57. The number of rotatable bonds is 10. The highest BCUT2D eigenvalue weighted by molar-refractivity contribution is 5.86. The van der Waals surface area contributed by atoms with E-state index in [2.05, 4.69) is 17.2 Å². The molecule has 138 valence electrons. The Balaban J connectivity index is 3.90. The third-order valence-electron chi connectivity index (χ3n) is 3.11. The Labute approximate surface area is 142 Å². The third-order valence-corrected chi connectivity index (χ3v) is 3.11. The van der Waals surface area contributed by atoms with E-state index in [0.29, 0.717) is 13.1 Å². The van der Waals surface area contributed by atoms with E-state index in [1.165, 1.54) is 6.92 Å². The molecule has 0 saturated carbocycles. The van der Waals surface area contributed by atoms with Gasteiger partial charge in [0.15, 0.2) is 0 Å². The molecular formula is C16H28N2O6. The van der Waals surface area contributed by atoms with Crippen LogP contribution in [0.4, 0.5) is 9.59 Å². The van der Waals surface area contributed by atoms with Gasteiger partial charge in [0, 0.05) is 18.7 Å². The largest absolute Gasteiger partial charge is 0.465 e. The molecule has 0 aliphatic rings. The summed E-state index contributed by atoms with van der Waals surface area (Å²) < 4.78 is 9.68. The molecule has 0 aromatic carbocycles. The highest BCUT2D eigenvalue weighted by Gasteiger charge is 2.22. The van der Waals surface area contributed by atoms with Crippen molar-refractivity contribution in [2.45, 2.75) is 34.1 Å². The molecule has 0 aromatic rings. The van der Waals surface area contributed by atoms with Crippen LogP contribution in [-0.4, -0.2) is 49.6 Å². The van der Waals surface area contributed by atoms with Gasteiger partial charge in [-0.05, 0) is 24.7 Å². The standard InChI is InChI=1S/C16H28N2O6/c1-11(2)13(19)23-6-7-24-15(22)17-9-12(3)8-16(4,5)10-18-14(20)21/h12,18H,1,6-10H2,2-5H3,(H,17,22)(H,20,21). The first-order chi connectivity index (χ1) is 11.0. The number of hydrogen-bond donors (Lipinski definition) is 3. The maximum Gasteiger partial charge on any atom is 0.407 e. The average molecular weight is 344 g/mol. The quantitative estimate of drug-likeness (QED) is 0.318. The highest BCUT2D eigenvalue weighted by atomic mass is 16.6. The van der Waals surface area contributed by atoms with Gasteiger partial charge in [-0.2, -0.15) is 0 Å². The molecule has 0 aromatic heterocycles. The molecule has 0 bridgehead atoms. The lowest BCUT2D eigenvalue weighted by molar-refractivity contribution is -0.139. The summed E-state index contributed by atoms with van der Waals surface area (Å²) in [7, 11) is 0. The average Bonchev–Trinajstić information content (AvgIpc) is 2.46. The smallest absolute Gasteiger partial charge is 0.407 e. The molecule has 0 fully saturated rings. The van der Waals surface area contributed by atoms with Crippen molar-refractivity contribution in [2.75, 3.05) is 26.3 Å². The summed E-state index contributed by atoms with van der Waals surface area (Å²) in [6, 6.07) is 0. The van der Waals surface area contributed by atoms with Gasteiger partial charge in [-0.15, -0.1) is 0 Å². The normalized spacial score (nSPS) is 12.0. The zero-order valence-electron chi connectivity index (χ0n) is 14.8. The zero-order valence-corrected chi connectivity index (χ0v) is 14.8. The minimum Gasteiger partial charge on any atom is -0.465 e. The second-order valence-electron chi connectivity index (χ2n) is 6.57. The summed E-state index contributed by atoms with van der Waals surface area (Å²) in [6.45, 7) is 11.5. The van der Waals surface area contributed by atoms with E-state index in [1.54, 1.807) is 0 Å². The molecule has 1 atom stereocenters. The van der Waals surface area contributed by atoms with Crippen LogP contribution in [0.2, 0.25) is 0 Å². The fraction of sp³-hybridized carbons (Fsp3) is 0.688. The number of esters is 1. The number of carboxylic acid groups (broad SMARTS) is 1. The Bertz CT molecular complexity index is 461. The minimum atomic E-state index is -1.05. The van der Waals surface area contributed by atoms with E-state index >= 15 is 0 Å². The first-order valence-electron chi connectivity index (χ1n) is 7.73. The summed E-state index contributed by atoms with van der Waals surface area (Å²) in [5.41, 5.74) is 0.0634. The molecule has 0 spiro atoms. The second kappa shape index (κ2) is 10.5. The molecule has 24 heavy (non-hydrogen) atoms. The number of amides is 2. The van der Waals surface area contributed by atoms with Gasteiger partial charge >= 0.3 is 18.2 Å². The van der Waals surface area contributed by atoms with Crippen LogP contribution in [0.3, 0.4) is 0 Å². The van der Waals surface area contributed by atoms with Crippen molar-refractivity contribution in [2.24, 2.45) is 11.3 Å². The van der Waals surface area contributed by atoms with Gasteiger partial charge in [-0.3, -0.25) is 0 Å². The number of alkyl carbamates (subject to hydrolysis) is 1. The number of carbonyl (C=O) groups is 3. The molecule has 0 rings (SSSR count). The molecular weight excluding hydrogens is 316 g/mol. The summed E-state index contributed by atoms with van der Waals surface area (Å²) in [4.78, 5) is 33.2. The third kappa shape index (κ3) is 11.3. The zero-order chi connectivity index (χ0) is 18.8. The molecule has 2 amide bonds. The summed E-state index contributed by atoms with van der Waals surface area (Å²) >= 11 is 0. The van der Waals surface area contributed by atoms with Gasteiger partial charge in [0.05, 0.1) is 0 Å². The van der Waals surface area contributed by atoms with Crippen molar-refractivity contribution < 1.29 is 29.0 Å². The number of nitrogens with one attached hydrogen (secondary N) is 2. The Hall–Kier alpha value is -2.25. The number of hydrogen-bond acceptors (Lipinski definition) is 5. The van der Waals surface area contributed by atoms with Crippen LogP contribution in [0, 0.1) is 11.3 Å². The lowest BCUT2D eigenvalue weighted by atomic mass is 9.83. The summed E-state index contributed by atoms with van der Waals surface area (Å²) in [5, 5.41) is 13.6. The highest BCUT2D eigenvalue weighted by Crippen LogP contribution is 2.24. The minimum absolute atomic E-state index is 0.0252. The number of carbonyl (C=O) groups excluding carboxylic acids is 2. The van der Waals surface area contributed by atoms with E-state index < -0.39 is 18.2 Å². The summed E-state index contributed by atoms with van der Waals surface area (Å²) in [5.74, 6) is -0.380. The molecule has 8 nitrogen and oxygen atoms in total. The van der Waals surface area contributed by atoms with Gasteiger partial charge in [-0.1, -0.05) is 27.4 Å². The lowest BCUT2D eigenvalue weighted by Crippen LogP contribution is -2.36. The van der Waals surface area contributed by atoms with E-state index in [0.717, 1.165) is 6.42 Å². The summed E-state index contributed by atoms with van der Waals surface area (Å²) in [6.07, 6.45) is -0.913. The van der Waals surface area contributed by atoms with Crippen LogP contribution in [0.1, 0.15) is 34.1 Å². The van der Waals surface area contributed by atoms with Crippen LogP contribution in [0.15, 0.2) is 12.2 Å². The maximum atomic E-state index is 11.5. The molecule has 0 aliphatic carbocycles. The monoisotopic (exact) mass is 344 g/mol. The van der Waals surface area contributed by atoms with Crippen LogP contribution >= 0.6 is 0 Å². The van der Waals surface area contributed by atoms with Crippen LogP contribution in [0.25, 0.3) is 0 Å². The predicted molar refractivity (Wildman–Crippen MR) is 88.7 cm³/mol. The lowest BCUT2D eigenvalue weighted by Gasteiger charge is -2.27. The topological polar surface area (TPSA) is 114 Å². The maximum absolute atomic E-state index is 11.5. The molecule has 0 radical (unpaired) electrons. The van der Waals surface area contributed by atoms with Crippen molar-refractivity contribution in [1.29, 1.82) is 0 Å². The van der Waals surface area contributed by atoms with Crippen molar-refractivity contribution in [1.82, 2.24) is 10.6 Å². The van der Waals surface area contributed by atoms with Crippen molar-refractivity contribution in [3.8, 4) is 0 Å². The van der Waals surface area contributed by atoms with E-state index in [9.17, 15) is 14.4 Å². The predicted octanol–water partition coefficient (Wildman–Crippen LogP) is 2.15. The van der Waals surface area contributed by atoms with E-state index in [1.807, 2.05) is 20.8 Å². The van der Waals surface area contributed by atoms with Gasteiger partial charge in [0.25, 0.3) is 0 Å². The molecule has 0 aliphatic heterocycles. The molecule has 0 heterocycles. The van der Waals surface area contributed by atoms with Gasteiger partial charge in [-0.25, -0.2) is 14.4 Å². The Morgan fingerprint density at radius 1 is 1.17 bits per heavy atom. The number of ether oxygens (including phenoxy) is 2. The Kier molecular flexibility index (Phi) is 9.53.